The van der Waals surface area contributed by atoms with Crippen LogP contribution in [0.2, 0.25) is 0 Å². The molecule has 17 heavy (non-hydrogen) atoms. The predicted octanol–water partition coefficient (Wildman–Crippen LogP) is 1.01. The largest absolute Gasteiger partial charge is 0.631 e. The van der Waals surface area contributed by atoms with E-state index in [2.05, 4.69) is 0 Å². The third-order valence-corrected chi connectivity index (χ3v) is 1.97. The molecule has 0 aliphatic carbocycles. The van der Waals surface area contributed by atoms with Crippen LogP contribution in [0.1, 0.15) is 0 Å². The summed E-state index contributed by atoms with van der Waals surface area (Å²) in [7, 11) is -2.17. The Morgan fingerprint density at radius 2 is 1.06 bits per heavy atom. The van der Waals surface area contributed by atoms with Crippen LogP contribution in [0.3, 0.4) is 0 Å². The van der Waals surface area contributed by atoms with Gasteiger partial charge in [0, 0.05) is 0 Å². The summed E-state index contributed by atoms with van der Waals surface area (Å²) in [6, 6.07) is 17.3. The highest BCUT2D eigenvalue weighted by molar-refractivity contribution is 6.30. The summed E-state index contributed by atoms with van der Waals surface area (Å²) in [6.45, 7) is 0. The zero-order valence-corrected chi connectivity index (χ0v) is 9.06. The van der Waals surface area contributed by atoms with Crippen LogP contribution in [0.15, 0.2) is 54.6 Å². The van der Waals surface area contributed by atoms with Crippen molar-refractivity contribution in [2.45, 2.75) is 0 Å². The maximum Gasteiger partial charge on any atom is 0.631 e. The molecule has 0 spiro atoms. The molecule has 88 valence electrons. The normalized spacial score (nSPS) is 9.12. The molecular weight excluding hydrogens is 219 g/mol. The highest BCUT2D eigenvalue weighted by Crippen LogP contribution is 2.20. The van der Waals surface area contributed by atoms with Crippen LogP contribution in [-0.2, 0) is 0 Å². The second-order valence-electron chi connectivity index (χ2n) is 3.26. The Hall–Kier alpha value is -1.82. The molecule has 2 aromatic carbocycles. The SMILES string of the molecule is OB(O)O.Oc1ccc(-c2ccccc2)cc1. The molecule has 0 amide bonds. The average Bonchev–Trinajstić information content (AvgIpc) is 2.30. The fraction of sp³-hybridized carbons (Fsp3) is 0. The van der Waals surface area contributed by atoms with Crippen molar-refractivity contribution in [2.24, 2.45) is 0 Å². The number of phenols is 1. The molecule has 0 aliphatic heterocycles. The van der Waals surface area contributed by atoms with Crippen molar-refractivity contribution in [3.05, 3.63) is 54.6 Å². The van der Waals surface area contributed by atoms with Gasteiger partial charge in [-0.05, 0) is 23.3 Å². The average molecular weight is 232 g/mol. The van der Waals surface area contributed by atoms with Crippen LogP contribution in [-0.4, -0.2) is 27.5 Å². The van der Waals surface area contributed by atoms with E-state index in [4.69, 9.17) is 20.2 Å². The van der Waals surface area contributed by atoms with Gasteiger partial charge < -0.3 is 20.2 Å². The summed E-state index contributed by atoms with van der Waals surface area (Å²) in [5, 5.41) is 30.6. The van der Waals surface area contributed by atoms with Crippen molar-refractivity contribution in [3.8, 4) is 16.9 Å². The Kier molecular flexibility index (Phi) is 5.22. The van der Waals surface area contributed by atoms with Crippen LogP contribution in [0.5, 0.6) is 5.75 Å². The molecule has 2 rings (SSSR count). The summed E-state index contributed by atoms with van der Waals surface area (Å²) < 4.78 is 0. The summed E-state index contributed by atoms with van der Waals surface area (Å²) in [5.74, 6) is 0.305. The number of phenolic OH excluding ortho intramolecular Hbond substituents is 1. The quantitative estimate of drug-likeness (QED) is 0.553. The highest BCUT2D eigenvalue weighted by atomic mass is 16.5. The van der Waals surface area contributed by atoms with Crippen LogP contribution in [0.25, 0.3) is 11.1 Å². The van der Waals surface area contributed by atoms with E-state index in [1.54, 1.807) is 12.1 Å². The number of benzene rings is 2. The first kappa shape index (κ1) is 13.3. The van der Waals surface area contributed by atoms with Crippen molar-refractivity contribution in [1.82, 2.24) is 0 Å². The molecule has 5 heteroatoms. The van der Waals surface area contributed by atoms with E-state index in [1.165, 1.54) is 5.56 Å². The lowest BCUT2D eigenvalue weighted by Gasteiger charge is -2.00. The van der Waals surface area contributed by atoms with Gasteiger partial charge in [0.1, 0.15) is 5.75 Å². The number of hydrogen-bond acceptors (Lipinski definition) is 4. The molecule has 4 nitrogen and oxygen atoms in total. The minimum Gasteiger partial charge on any atom is -0.508 e. The Bertz CT molecular complexity index is 425. The minimum absolute atomic E-state index is 0.305. The first-order valence-electron chi connectivity index (χ1n) is 4.98. The number of hydrogen-bond donors (Lipinski definition) is 4. The van der Waals surface area contributed by atoms with E-state index in [9.17, 15) is 0 Å². The fourth-order valence-electron chi connectivity index (χ4n) is 1.28. The molecule has 0 aliphatic rings. The van der Waals surface area contributed by atoms with Gasteiger partial charge in [-0.3, -0.25) is 0 Å². The van der Waals surface area contributed by atoms with Gasteiger partial charge in [-0.25, -0.2) is 0 Å². The molecule has 0 radical (unpaired) electrons. The smallest absolute Gasteiger partial charge is 0.508 e. The lowest BCUT2D eigenvalue weighted by molar-refractivity contribution is 0.278. The molecule has 0 atom stereocenters. The third kappa shape index (κ3) is 5.17. The van der Waals surface area contributed by atoms with Crippen LogP contribution in [0.4, 0.5) is 0 Å². The van der Waals surface area contributed by atoms with E-state index in [1.807, 2.05) is 42.5 Å². The third-order valence-electron chi connectivity index (χ3n) is 1.97. The lowest BCUT2D eigenvalue weighted by Crippen LogP contribution is -2.07. The summed E-state index contributed by atoms with van der Waals surface area (Å²) >= 11 is 0. The lowest BCUT2D eigenvalue weighted by atomic mass is 10.1. The van der Waals surface area contributed by atoms with Crippen molar-refractivity contribution >= 4 is 7.32 Å². The van der Waals surface area contributed by atoms with Crippen molar-refractivity contribution in [1.29, 1.82) is 0 Å². The molecule has 0 fully saturated rings. The molecule has 4 N–H and O–H groups in total. The van der Waals surface area contributed by atoms with E-state index < -0.39 is 7.32 Å². The van der Waals surface area contributed by atoms with Crippen molar-refractivity contribution < 1.29 is 20.2 Å². The fourth-order valence-corrected chi connectivity index (χ4v) is 1.28. The van der Waals surface area contributed by atoms with E-state index in [0.29, 0.717) is 5.75 Å². The molecule has 2 aromatic rings. The minimum atomic E-state index is -2.17. The standard InChI is InChI=1S/C12H10O.BH3O3/c13-12-8-6-11(7-9-12)10-4-2-1-3-5-10;2-1(3)4/h1-9,13H;2-4H. The first-order valence-corrected chi connectivity index (χ1v) is 4.98. The Labute approximate surface area is 99.6 Å². The zero-order chi connectivity index (χ0) is 12.7. The summed E-state index contributed by atoms with van der Waals surface area (Å²) in [6.07, 6.45) is 0. The molecule has 0 bridgehead atoms. The van der Waals surface area contributed by atoms with Gasteiger partial charge in [-0.2, -0.15) is 0 Å². The Morgan fingerprint density at radius 1 is 0.647 bits per heavy atom. The van der Waals surface area contributed by atoms with Crippen LogP contribution >= 0.6 is 0 Å². The van der Waals surface area contributed by atoms with Gasteiger partial charge in [0.05, 0.1) is 0 Å². The second kappa shape index (κ2) is 6.70. The maximum absolute atomic E-state index is 9.10. The second-order valence-corrected chi connectivity index (χ2v) is 3.26. The Morgan fingerprint density at radius 3 is 1.53 bits per heavy atom. The van der Waals surface area contributed by atoms with Gasteiger partial charge in [-0.15, -0.1) is 0 Å². The molecule has 0 aromatic heterocycles. The molecule has 0 unspecified atom stereocenters. The first-order chi connectivity index (χ1) is 8.09. The monoisotopic (exact) mass is 232 g/mol. The van der Waals surface area contributed by atoms with E-state index in [-0.39, 0.29) is 0 Å². The molecular formula is C12H13BO4. The van der Waals surface area contributed by atoms with Gasteiger partial charge in [0.15, 0.2) is 0 Å². The Balaban J connectivity index is 0.000000317. The van der Waals surface area contributed by atoms with Crippen molar-refractivity contribution in [3.63, 3.8) is 0 Å². The van der Waals surface area contributed by atoms with E-state index >= 15 is 0 Å². The zero-order valence-electron chi connectivity index (χ0n) is 9.06. The highest BCUT2D eigenvalue weighted by Gasteiger charge is 1.94. The molecule has 0 heterocycles. The maximum atomic E-state index is 9.10. The van der Waals surface area contributed by atoms with E-state index in [0.717, 1.165) is 5.56 Å². The summed E-state index contributed by atoms with van der Waals surface area (Å²) in [4.78, 5) is 0. The van der Waals surface area contributed by atoms with Gasteiger partial charge in [0.2, 0.25) is 0 Å². The number of rotatable bonds is 1. The van der Waals surface area contributed by atoms with Gasteiger partial charge in [0.25, 0.3) is 0 Å². The van der Waals surface area contributed by atoms with Crippen LogP contribution in [0, 0.1) is 0 Å². The molecule has 0 saturated carbocycles. The topological polar surface area (TPSA) is 80.9 Å². The molecule has 0 saturated heterocycles. The summed E-state index contributed by atoms with van der Waals surface area (Å²) in [5.41, 5.74) is 2.29. The van der Waals surface area contributed by atoms with Crippen LogP contribution < -0.4 is 0 Å². The van der Waals surface area contributed by atoms with Crippen molar-refractivity contribution in [2.75, 3.05) is 0 Å². The van der Waals surface area contributed by atoms with Gasteiger partial charge in [-0.1, -0.05) is 42.5 Å². The van der Waals surface area contributed by atoms with Gasteiger partial charge >= 0.3 is 7.32 Å². The number of aromatic hydroxyl groups is 1. The predicted molar refractivity (Wildman–Crippen MR) is 66.0 cm³/mol.